The van der Waals surface area contributed by atoms with E-state index in [0.717, 1.165) is 42.8 Å². The smallest absolute Gasteiger partial charge is 0.335 e. The number of aromatic hydroxyl groups is 1. The third-order valence-electron chi connectivity index (χ3n) is 4.10. The molecule has 9 nitrogen and oxygen atoms in total. The Morgan fingerprint density at radius 2 is 1.63 bits per heavy atom. The van der Waals surface area contributed by atoms with Crippen LogP contribution in [0.5, 0.6) is 5.75 Å². The van der Waals surface area contributed by atoms with E-state index in [1.54, 1.807) is 0 Å². The number of nitrogens with zero attached hydrogens (tertiary/aromatic N) is 1. The lowest BCUT2D eigenvalue weighted by Crippen LogP contribution is -2.36. The van der Waals surface area contributed by atoms with E-state index in [9.17, 15) is 24.6 Å². The summed E-state index contributed by atoms with van der Waals surface area (Å²) in [6.45, 7) is 1.51. The van der Waals surface area contributed by atoms with Crippen molar-refractivity contribution < 1.29 is 39.3 Å². The quantitative estimate of drug-likeness (QED) is 0.283. The van der Waals surface area contributed by atoms with Crippen molar-refractivity contribution in [2.24, 2.45) is 0 Å². The molecule has 170 valence electrons. The minimum absolute atomic E-state index is 0.0654. The van der Waals surface area contributed by atoms with Crippen LogP contribution in [0.1, 0.15) is 59.2 Å². The topological polar surface area (TPSA) is 147 Å². The highest BCUT2D eigenvalue weighted by atomic mass is 16.4. The van der Waals surface area contributed by atoms with Crippen LogP contribution in [0.3, 0.4) is 0 Å². The van der Waals surface area contributed by atoms with Crippen LogP contribution in [0.2, 0.25) is 0 Å². The Labute approximate surface area is 177 Å². The number of aliphatic hydroxyl groups is 1. The van der Waals surface area contributed by atoms with Gasteiger partial charge >= 0.3 is 5.97 Å². The van der Waals surface area contributed by atoms with E-state index in [-0.39, 0.29) is 29.9 Å². The molecule has 0 aromatic heterocycles. The number of carboxylic acids is 2. The number of amides is 1. The summed E-state index contributed by atoms with van der Waals surface area (Å²) in [7, 11) is 6.16. The van der Waals surface area contributed by atoms with E-state index < -0.39 is 17.8 Å². The van der Waals surface area contributed by atoms with E-state index in [1.807, 2.05) is 0 Å². The van der Waals surface area contributed by atoms with Crippen LogP contribution in [0.25, 0.3) is 0 Å². The average Bonchev–Trinajstić information content (AvgIpc) is 2.63. The number of carbonyl (C=O) groups excluding carboxylic acids is 2. The van der Waals surface area contributed by atoms with Gasteiger partial charge in [0.05, 0.1) is 38.9 Å². The molecule has 1 aromatic carbocycles. The fourth-order valence-electron chi connectivity index (χ4n) is 2.37. The van der Waals surface area contributed by atoms with Crippen molar-refractivity contribution in [3.63, 3.8) is 0 Å². The molecule has 1 amide bonds. The lowest BCUT2D eigenvalue weighted by atomic mass is 10.1. The number of rotatable bonds is 12. The predicted molar refractivity (Wildman–Crippen MR) is 110 cm³/mol. The van der Waals surface area contributed by atoms with E-state index in [1.165, 1.54) is 12.1 Å². The Balaban J connectivity index is 0.00000103. The lowest BCUT2D eigenvalue weighted by molar-refractivity contribution is -0.870. The number of aliphatic hydroxyl groups excluding tert-OH is 1. The SMILES string of the molecule is C[N+](C)(C)CCO.O=C([O-])CCCCCCCNC(=O)c1cc(C(=O)O)ccc1O. The zero-order chi connectivity index (χ0) is 23.2. The molecule has 0 aliphatic rings. The van der Waals surface area contributed by atoms with Gasteiger partial charge in [0.1, 0.15) is 12.3 Å². The van der Waals surface area contributed by atoms with Gasteiger partial charge in [-0.25, -0.2) is 4.79 Å². The van der Waals surface area contributed by atoms with Gasteiger partial charge in [0, 0.05) is 12.5 Å². The largest absolute Gasteiger partial charge is 0.550 e. The molecule has 0 saturated carbocycles. The fraction of sp³-hybridized carbons (Fsp3) is 0.571. The predicted octanol–water partition coefficient (Wildman–Crippen LogP) is 0.596. The number of hydrogen-bond acceptors (Lipinski definition) is 6. The molecule has 0 fully saturated rings. The molecule has 1 aromatic rings. The van der Waals surface area contributed by atoms with Gasteiger partial charge < -0.3 is 35.0 Å². The summed E-state index contributed by atoms with van der Waals surface area (Å²) in [4.78, 5) is 33.0. The first-order valence-corrected chi connectivity index (χ1v) is 9.93. The molecule has 0 heterocycles. The Hall–Kier alpha value is -2.65. The van der Waals surface area contributed by atoms with E-state index in [4.69, 9.17) is 10.2 Å². The lowest BCUT2D eigenvalue weighted by Gasteiger charge is -2.21. The molecular formula is C21H34N2O7. The van der Waals surface area contributed by atoms with Crippen molar-refractivity contribution in [2.45, 2.75) is 38.5 Å². The number of quaternary nitrogens is 1. The maximum Gasteiger partial charge on any atom is 0.335 e. The van der Waals surface area contributed by atoms with Crippen LogP contribution < -0.4 is 10.4 Å². The first-order chi connectivity index (χ1) is 14.0. The number of unbranched alkanes of at least 4 members (excludes halogenated alkanes) is 4. The van der Waals surface area contributed by atoms with Crippen molar-refractivity contribution in [3.05, 3.63) is 29.3 Å². The Morgan fingerprint density at radius 3 is 2.13 bits per heavy atom. The number of carboxylic acid groups (broad SMARTS) is 2. The number of phenols is 1. The number of aromatic carboxylic acids is 1. The van der Waals surface area contributed by atoms with Crippen molar-refractivity contribution in [3.8, 4) is 5.75 Å². The van der Waals surface area contributed by atoms with Crippen molar-refractivity contribution in [2.75, 3.05) is 40.8 Å². The van der Waals surface area contributed by atoms with Crippen LogP contribution in [-0.4, -0.2) is 78.5 Å². The third-order valence-corrected chi connectivity index (χ3v) is 4.10. The molecule has 0 bridgehead atoms. The number of benzene rings is 1. The monoisotopic (exact) mass is 426 g/mol. The Bertz CT molecular complexity index is 684. The zero-order valence-electron chi connectivity index (χ0n) is 18.0. The molecule has 0 unspecified atom stereocenters. The summed E-state index contributed by atoms with van der Waals surface area (Å²) < 4.78 is 0.844. The summed E-state index contributed by atoms with van der Waals surface area (Å²) in [5, 5.41) is 39.7. The van der Waals surface area contributed by atoms with Gasteiger partial charge in [0.15, 0.2) is 0 Å². The summed E-state index contributed by atoms with van der Waals surface area (Å²) in [5.74, 6) is -3.01. The second kappa shape index (κ2) is 14.4. The Morgan fingerprint density at radius 1 is 1.03 bits per heavy atom. The number of carbonyl (C=O) groups is 3. The molecule has 4 N–H and O–H groups in total. The normalized spacial score (nSPS) is 10.7. The highest BCUT2D eigenvalue weighted by Gasteiger charge is 2.14. The zero-order valence-corrected chi connectivity index (χ0v) is 18.0. The second-order valence-electron chi connectivity index (χ2n) is 7.92. The standard InChI is InChI=1S/C16H21NO6.C5H14NO/c18-13-8-7-11(16(22)23)10-12(13)15(21)17-9-5-3-1-2-4-6-14(19)20;1-6(2,3)4-5-7/h7-8,10,18H,1-6,9H2,(H,17,21)(H,19,20)(H,22,23);7H,4-5H2,1-3H3/q;+1/p-1. The highest BCUT2D eigenvalue weighted by Crippen LogP contribution is 2.18. The number of hydrogen-bond donors (Lipinski definition) is 4. The van der Waals surface area contributed by atoms with E-state index in [2.05, 4.69) is 26.5 Å². The van der Waals surface area contributed by atoms with E-state index in [0.29, 0.717) is 13.0 Å². The Kier molecular flexibility index (Phi) is 13.1. The van der Waals surface area contributed by atoms with Crippen LogP contribution in [0, 0.1) is 0 Å². The van der Waals surface area contributed by atoms with Crippen LogP contribution in [0.4, 0.5) is 0 Å². The molecular weight excluding hydrogens is 392 g/mol. The fourth-order valence-corrected chi connectivity index (χ4v) is 2.37. The maximum atomic E-state index is 11.9. The minimum atomic E-state index is -1.17. The summed E-state index contributed by atoms with van der Waals surface area (Å²) in [6.07, 6.45) is 3.87. The van der Waals surface area contributed by atoms with Gasteiger partial charge in [0.25, 0.3) is 5.91 Å². The maximum absolute atomic E-state index is 11.9. The number of nitrogens with one attached hydrogen (secondary N) is 1. The van der Waals surface area contributed by atoms with Gasteiger partial charge in [-0.05, 0) is 37.5 Å². The molecule has 0 spiro atoms. The molecule has 0 radical (unpaired) electrons. The van der Waals surface area contributed by atoms with Crippen LogP contribution in [0.15, 0.2) is 18.2 Å². The van der Waals surface area contributed by atoms with Gasteiger partial charge in [-0.15, -0.1) is 0 Å². The molecule has 30 heavy (non-hydrogen) atoms. The van der Waals surface area contributed by atoms with Crippen molar-refractivity contribution in [1.82, 2.24) is 5.32 Å². The second-order valence-corrected chi connectivity index (χ2v) is 7.92. The molecule has 1 rings (SSSR count). The molecule has 0 aliphatic carbocycles. The van der Waals surface area contributed by atoms with Crippen LogP contribution in [-0.2, 0) is 4.79 Å². The van der Waals surface area contributed by atoms with Gasteiger partial charge in [0.2, 0.25) is 0 Å². The number of likely N-dealkylation sites (N-methyl/N-ethyl adjacent to an activating group) is 1. The molecule has 9 heteroatoms. The average molecular weight is 427 g/mol. The van der Waals surface area contributed by atoms with Gasteiger partial charge in [-0.1, -0.05) is 19.3 Å². The summed E-state index contributed by atoms with van der Waals surface area (Å²) in [5.41, 5.74) is -0.139. The summed E-state index contributed by atoms with van der Waals surface area (Å²) in [6, 6.07) is 3.53. The highest BCUT2D eigenvalue weighted by molar-refractivity contribution is 5.99. The van der Waals surface area contributed by atoms with Crippen LogP contribution >= 0.6 is 0 Å². The molecule has 0 saturated heterocycles. The molecule has 0 aliphatic heterocycles. The first-order valence-electron chi connectivity index (χ1n) is 9.93. The van der Waals surface area contributed by atoms with Crippen molar-refractivity contribution >= 4 is 17.8 Å². The van der Waals surface area contributed by atoms with Crippen molar-refractivity contribution in [1.29, 1.82) is 0 Å². The van der Waals surface area contributed by atoms with E-state index >= 15 is 0 Å². The number of aliphatic carboxylic acids is 1. The summed E-state index contributed by atoms with van der Waals surface area (Å²) >= 11 is 0. The number of phenolic OH excluding ortho intramolecular Hbond substituents is 1. The third kappa shape index (κ3) is 13.5. The minimum Gasteiger partial charge on any atom is -0.550 e. The first kappa shape index (κ1) is 27.4. The molecule has 0 atom stereocenters. The van der Waals surface area contributed by atoms with Gasteiger partial charge in [-0.3, -0.25) is 4.79 Å². The van der Waals surface area contributed by atoms with Gasteiger partial charge in [-0.2, -0.15) is 0 Å².